The number of amides is 1. The van der Waals surface area contributed by atoms with Crippen molar-refractivity contribution in [3.05, 3.63) is 65.2 Å². The fourth-order valence-corrected chi connectivity index (χ4v) is 2.92. The van der Waals surface area contributed by atoms with E-state index >= 15 is 0 Å². The first-order chi connectivity index (χ1) is 10.4. The van der Waals surface area contributed by atoms with Crippen molar-refractivity contribution in [2.24, 2.45) is 0 Å². The lowest BCUT2D eigenvalue weighted by molar-refractivity contribution is 0.151. The van der Waals surface area contributed by atoms with E-state index in [1.807, 2.05) is 6.07 Å². The Balaban J connectivity index is 2.24. The summed E-state index contributed by atoms with van der Waals surface area (Å²) >= 11 is 5.97. The lowest BCUT2D eigenvalue weighted by Gasteiger charge is -2.20. The van der Waals surface area contributed by atoms with Crippen LogP contribution < -0.4 is 4.31 Å². The van der Waals surface area contributed by atoms with Gasteiger partial charge in [-0.05, 0) is 17.7 Å². The van der Waals surface area contributed by atoms with Gasteiger partial charge in [0.25, 0.3) is 0 Å². The molecule has 0 saturated carbocycles. The van der Waals surface area contributed by atoms with Crippen LogP contribution in [0, 0.1) is 0 Å². The molecule has 2 rings (SSSR count). The summed E-state index contributed by atoms with van der Waals surface area (Å²) in [5.74, 6) is 0. The highest BCUT2D eigenvalue weighted by Gasteiger charge is 2.28. The van der Waals surface area contributed by atoms with Crippen LogP contribution >= 0.6 is 11.6 Å². The zero-order valence-corrected chi connectivity index (χ0v) is 13.3. The number of para-hydroxylation sites is 1. The molecule has 0 aromatic heterocycles. The smallest absolute Gasteiger partial charge is 0.428 e. The molecule has 0 fully saturated rings. The minimum absolute atomic E-state index is 0.0316. The maximum atomic E-state index is 12.2. The van der Waals surface area contributed by atoms with E-state index < -0.39 is 16.1 Å². The lowest BCUT2D eigenvalue weighted by atomic mass is 10.2. The Kier molecular flexibility index (Phi) is 5.05. The molecular weight excluding hydrogens is 326 g/mol. The number of benzene rings is 2. The SMILES string of the molecule is CS(=O)(=O)N(C(=O)OCc1ccccc1)c1ccccc1Cl. The van der Waals surface area contributed by atoms with E-state index in [-0.39, 0.29) is 17.3 Å². The Bertz CT molecular complexity index is 762. The third-order valence-corrected chi connectivity index (χ3v) is 4.10. The number of anilines is 1. The van der Waals surface area contributed by atoms with Gasteiger partial charge in [0.1, 0.15) is 6.61 Å². The third-order valence-electron chi connectivity index (χ3n) is 2.77. The second-order valence-electron chi connectivity index (χ2n) is 4.52. The molecule has 0 heterocycles. The first-order valence-corrected chi connectivity index (χ1v) is 8.58. The molecule has 2 aromatic carbocycles. The summed E-state index contributed by atoms with van der Waals surface area (Å²) in [5.41, 5.74) is 0.813. The Morgan fingerprint density at radius 1 is 1.09 bits per heavy atom. The molecule has 22 heavy (non-hydrogen) atoms. The van der Waals surface area contributed by atoms with Crippen LogP contribution in [0.1, 0.15) is 5.56 Å². The van der Waals surface area contributed by atoms with Crippen molar-refractivity contribution in [3.63, 3.8) is 0 Å². The van der Waals surface area contributed by atoms with Crippen molar-refractivity contribution in [1.82, 2.24) is 0 Å². The zero-order valence-electron chi connectivity index (χ0n) is 11.8. The van der Waals surface area contributed by atoms with Gasteiger partial charge in [-0.15, -0.1) is 0 Å². The number of sulfonamides is 1. The minimum atomic E-state index is -3.87. The Labute approximate surface area is 134 Å². The number of hydrogen-bond acceptors (Lipinski definition) is 4. The van der Waals surface area contributed by atoms with Crippen molar-refractivity contribution in [2.45, 2.75) is 6.61 Å². The average molecular weight is 340 g/mol. The van der Waals surface area contributed by atoms with Crippen LogP contribution in [0.3, 0.4) is 0 Å². The van der Waals surface area contributed by atoms with Gasteiger partial charge in [0, 0.05) is 0 Å². The van der Waals surface area contributed by atoms with Crippen molar-refractivity contribution < 1.29 is 17.9 Å². The van der Waals surface area contributed by atoms with E-state index in [0.717, 1.165) is 11.8 Å². The molecule has 0 atom stereocenters. The zero-order chi connectivity index (χ0) is 16.2. The predicted octanol–water partition coefficient (Wildman–Crippen LogP) is 3.44. The fourth-order valence-electron chi connectivity index (χ4n) is 1.81. The van der Waals surface area contributed by atoms with Crippen molar-refractivity contribution in [2.75, 3.05) is 10.6 Å². The van der Waals surface area contributed by atoms with Gasteiger partial charge in [0.05, 0.1) is 17.0 Å². The second-order valence-corrected chi connectivity index (χ2v) is 6.76. The largest absolute Gasteiger partial charge is 0.444 e. The molecule has 0 radical (unpaired) electrons. The molecule has 0 spiro atoms. The fraction of sp³-hybridized carbons (Fsp3) is 0.133. The van der Waals surface area contributed by atoms with E-state index in [9.17, 15) is 13.2 Å². The standard InChI is InChI=1S/C15H14ClNO4S/c1-22(19,20)17(14-10-6-5-9-13(14)16)15(18)21-11-12-7-3-2-4-8-12/h2-10H,11H2,1H3. The number of carbonyl (C=O) groups excluding carboxylic acids is 1. The van der Waals surface area contributed by atoms with Gasteiger partial charge in [-0.25, -0.2) is 13.2 Å². The minimum Gasteiger partial charge on any atom is -0.444 e. The molecule has 0 aliphatic carbocycles. The molecule has 116 valence electrons. The Morgan fingerprint density at radius 3 is 2.27 bits per heavy atom. The molecule has 2 aromatic rings. The van der Waals surface area contributed by atoms with Gasteiger partial charge in [-0.1, -0.05) is 54.1 Å². The molecule has 7 heteroatoms. The normalized spacial score (nSPS) is 11.0. The van der Waals surface area contributed by atoms with Gasteiger partial charge in [0.2, 0.25) is 10.0 Å². The van der Waals surface area contributed by atoms with Crippen molar-refractivity contribution in [1.29, 1.82) is 0 Å². The van der Waals surface area contributed by atoms with Crippen LogP contribution in [0.25, 0.3) is 0 Å². The predicted molar refractivity (Wildman–Crippen MR) is 85.4 cm³/mol. The van der Waals surface area contributed by atoms with Crippen LogP contribution in [0.5, 0.6) is 0 Å². The van der Waals surface area contributed by atoms with Gasteiger partial charge in [0.15, 0.2) is 0 Å². The first kappa shape index (κ1) is 16.3. The Morgan fingerprint density at radius 2 is 1.68 bits per heavy atom. The summed E-state index contributed by atoms with van der Waals surface area (Å²) in [6.07, 6.45) is -0.0837. The number of hydrogen-bond donors (Lipinski definition) is 0. The average Bonchev–Trinajstić information content (AvgIpc) is 2.47. The molecule has 0 N–H and O–H groups in total. The van der Waals surface area contributed by atoms with Crippen LogP contribution in [0.15, 0.2) is 54.6 Å². The maximum absolute atomic E-state index is 12.2. The molecule has 0 aliphatic rings. The number of rotatable bonds is 4. The van der Waals surface area contributed by atoms with E-state index in [4.69, 9.17) is 16.3 Å². The summed E-state index contributed by atoms with van der Waals surface area (Å²) in [4.78, 5) is 12.2. The number of halogens is 1. The monoisotopic (exact) mass is 339 g/mol. The molecule has 0 unspecified atom stereocenters. The summed E-state index contributed by atoms with van der Waals surface area (Å²) < 4.78 is 29.4. The number of ether oxygens (including phenoxy) is 1. The van der Waals surface area contributed by atoms with Gasteiger partial charge < -0.3 is 4.74 Å². The van der Waals surface area contributed by atoms with E-state index in [2.05, 4.69) is 0 Å². The summed E-state index contributed by atoms with van der Waals surface area (Å²) in [6, 6.07) is 15.1. The highest BCUT2D eigenvalue weighted by Crippen LogP contribution is 2.28. The van der Waals surface area contributed by atoms with Crippen LogP contribution in [-0.2, 0) is 21.4 Å². The van der Waals surface area contributed by atoms with E-state index in [0.29, 0.717) is 4.31 Å². The lowest BCUT2D eigenvalue weighted by Crippen LogP contribution is -2.36. The van der Waals surface area contributed by atoms with Crippen LogP contribution in [0.2, 0.25) is 5.02 Å². The first-order valence-electron chi connectivity index (χ1n) is 6.35. The maximum Gasteiger partial charge on any atom is 0.428 e. The molecule has 0 saturated heterocycles. The van der Waals surface area contributed by atoms with Crippen LogP contribution in [0.4, 0.5) is 10.5 Å². The van der Waals surface area contributed by atoms with E-state index in [1.54, 1.807) is 36.4 Å². The van der Waals surface area contributed by atoms with Crippen molar-refractivity contribution >= 4 is 33.4 Å². The molecule has 5 nitrogen and oxygen atoms in total. The summed E-state index contributed by atoms with van der Waals surface area (Å²) in [5, 5.41) is 0.143. The van der Waals surface area contributed by atoms with Gasteiger partial charge in [-0.2, -0.15) is 4.31 Å². The topological polar surface area (TPSA) is 63.7 Å². The van der Waals surface area contributed by atoms with Gasteiger partial charge >= 0.3 is 6.09 Å². The second kappa shape index (κ2) is 6.81. The molecule has 1 amide bonds. The van der Waals surface area contributed by atoms with Crippen LogP contribution in [-0.4, -0.2) is 20.8 Å². The van der Waals surface area contributed by atoms with Gasteiger partial charge in [-0.3, -0.25) is 0 Å². The van der Waals surface area contributed by atoms with E-state index in [1.165, 1.54) is 12.1 Å². The highest BCUT2D eigenvalue weighted by molar-refractivity contribution is 7.92. The number of carbonyl (C=O) groups is 1. The summed E-state index contributed by atoms with van der Waals surface area (Å²) in [7, 11) is -3.87. The summed E-state index contributed by atoms with van der Waals surface area (Å²) in [6.45, 7) is -0.0316. The third kappa shape index (κ3) is 3.99. The molecule has 0 bridgehead atoms. The molecule has 0 aliphatic heterocycles. The quantitative estimate of drug-likeness (QED) is 0.856. The molecular formula is C15H14ClNO4S. The number of nitrogens with zero attached hydrogens (tertiary/aromatic N) is 1. The van der Waals surface area contributed by atoms with Crippen molar-refractivity contribution in [3.8, 4) is 0 Å². The highest BCUT2D eigenvalue weighted by atomic mass is 35.5. The Hall–Kier alpha value is -2.05.